The zero-order valence-electron chi connectivity index (χ0n) is 11.9. The molecule has 0 saturated carbocycles. The largest absolute Gasteiger partial charge is 0.393 e. The van der Waals surface area contributed by atoms with Crippen molar-refractivity contribution in [2.24, 2.45) is 0 Å². The molecule has 0 spiro atoms. The van der Waals surface area contributed by atoms with E-state index in [1.54, 1.807) is 6.07 Å². The monoisotopic (exact) mass is 343 g/mol. The molecule has 0 unspecified atom stereocenters. The molecule has 3 aromatic rings. The van der Waals surface area contributed by atoms with Crippen LogP contribution < -0.4 is 5.32 Å². The van der Waals surface area contributed by atoms with E-state index in [1.807, 2.05) is 0 Å². The van der Waals surface area contributed by atoms with E-state index in [-0.39, 0.29) is 17.0 Å². The molecule has 126 valence electrons. The van der Waals surface area contributed by atoms with E-state index >= 15 is 0 Å². The number of rotatable bonds is 4. The summed E-state index contributed by atoms with van der Waals surface area (Å²) in [6, 6.07) is 8.57. The van der Waals surface area contributed by atoms with Crippen molar-refractivity contribution in [3.8, 4) is 0 Å². The highest BCUT2D eigenvalue weighted by Crippen LogP contribution is 2.24. The maximum atomic E-state index is 12.8. The molecule has 0 atom stereocenters. The van der Waals surface area contributed by atoms with E-state index < -0.39 is 24.8 Å². The van der Waals surface area contributed by atoms with Crippen molar-refractivity contribution >= 4 is 17.2 Å². The van der Waals surface area contributed by atoms with Gasteiger partial charge in [0.25, 0.3) is 6.43 Å². The van der Waals surface area contributed by atoms with Gasteiger partial charge in [0.1, 0.15) is 0 Å². The van der Waals surface area contributed by atoms with Gasteiger partial charge in [0.2, 0.25) is 5.82 Å². The highest BCUT2D eigenvalue weighted by atomic mass is 19.4. The van der Waals surface area contributed by atoms with Crippen LogP contribution in [0.3, 0.4) is 0 Å². The number of nitrogens with one attached hydrogen (secondary N) is 1. The Morgan fingerprint density at radius 1 is 1.08 bits per heavy atom. The van der Waals surface area contributed by atoms with E-state index in [9.17, 15) is 22.0 Å². The van der Waals surface area contributed by atoms with E-state index in [2.05, 4.69) is 20.6 Å². The molecular formula is C14H10F5N5. The Morgan fingerprint density at radius 2 is 1.88 bits per heavy atom. The summed E-state index contributed by atoms with van der Waals surface area (Å²) in [5, 5.41) is 13.6. The number of nitrogens with zero attached hydrogens (tertiary/aromatic N) is 4. The average Bonchev–Trinajstić information content (AvgIpc) is 2.89. The van der Waals surface area contributed by atoms with Crippen molar-refractivity contribution in [1.29, 1.82) is 0 Å². The van der Waals surface area contributed by atoms with Gasteiger partial charge in [-0.2, -0.15) is 17.7 Å². The number of alkyl halides is 5. The molecule has 2 heterocycles. The summed E-state index contributed by atoms with van der Waals surface area (Å²) in [5.74, 6) is -0.437. The minimum Gasteiger partial charge on any atom is -0.339 e. The third-order valence-corrected chi connectivity index (χ3v) is 3.09. The fraction of sp³-hybridized carbons (Fsp3) is 0.214. The van der Waals surface area contributed by atoms with Gasteiger partial charge in [0.05, 0.1) is 6.42 Å². The second-order valence-electron chi connectivity index (χ2n) is 4.96. The lowest BCUT2D eigenvalue weighted by molar-refractivity contribution is -0.127. The number of benzene rings is 1. The van der Waals surface area contributed by atoms with Gasteiger partial charge in [-0.25, -0.2) is 8.78 Å². The molecular weight excluding hydrogens is 333 g/mol. The quantitative estimate of drug-likeness (QED) is 0.730. The lowest BCUT2D eigenvalue weighted by atomic mass is 10.1. The Kier molecular flexibility index (Phi) is 4.04. The highest BCUT2D eigenvalue weighted by molar-refractivity contribution is 5.58. The van der Waals surface area contributed by atoms with Crippen LogP contribution in [0.1, 0.15) is 17.8 Å². The molecule has 1 aromatic carbocycles. The van der Waals surface area contributed by atoms with Crippen LogP contribution in [0.15, 0.2) is 36.4 Å². The first-order chi connectivity index (χ1) is 11.3. The molecule has 0 aliphatic carbocycles. The van der Waals surface area contributed by atoms with E-state index in [1.165, 1.54) is 30.3 Å². The Labute approximate surface area is 132 Å². The topological polar surface area (TPSA) is 55.1 Å². The summed E-state index contributed by atoms with van der Waals surface area (Å²) in [4.78, 5) is 0. The second kappa shape index (κ2) is 6.02. The molecule has 24 heavy (non-hydrogen) atoms. The number of anilines is 2. The van der Waals surface area contributed by atoms with Crippen LogP contribution in [0.2, 0.25) is 0 Å². The number of hydrogen-bond donors (Lipinski definition) is 1. The maximum Gasteiger partial charge on any atom is 0.393 e. The Morgan fingerprint density at radius 3 is 2.58 bits per heavy atom. The first-order valence-corrected chi connectivity index (χ1v) is 6.75. The van der Waals surface area contributed by atoms with Crippen molar-refractivity contribution in [3.05, 3.63) is 47.8 Å². The van der Waals surface area contributed by atoms with Gasteiger partial charge in [-0.15, -0.1) is 15.3 Å². The molecule has 1 N–H and O–H groups in total. The molecule has 3 rings (SSSR count). The number of halogens is 5. The Hall–Kier alpha value is -2.78. The van der Waals surface area contributed by atoms with Crippen molar-refractivity contribution < 1.29 is 22.0 Å². The zero-order chi connectivity index (χ0) is 17.3. The Balaban J connectivity index is 1.87. The molecule has 10 heteroatoms. The van der Waals surface area contributed by atoms with Gasteiger partial charge in [0.15, 0.2) is 11.5 Å². The third kappa shape index (κ3) is 3.58. The Bertz CT molecular complexity index is 858. The molecule has 5 nitrogen and oxygen atoms in total. The molecule has 0 radical (unpaired) electrons. The highest BCUT2D eigenvalue weighted by Gasteiger charge is 2.27. The van der Waals surface area contributed by atoms with Crippen LogP contribution in [-0.4, -0.2) is 26.0 Å². The SMILES string of the molecule is FC(F)c1nnc2ccc(Nc3cccc(CC(F)(F)F)c3)nn12. The zero-order valence-corrected chi connectivity index (χ0v) is 11.9. The molecule has 0 bridgehead atoms. The summed E-state index contributed by atoms with van der Waals surface area (Å²) in [6.45, 7) is 0. The molecule has 0 amide bonds. The number of fused-ring (bicyclic) bond motifs is 1. The minimum atomic E-state index is -4.32. The predicted octanol–water partition coefficient (Wildman–Crippen LogP) is 3.91. The standard InChI is InChI=1S/C14H10F5N5/c15-12(16)13-22-21-11-5-4-10(23-24(11)13)20-9-3-1-2-8(6-9)7-14(17,18)19/h1-6,12H,7H2,(H,20,23). The van der Waals surface area contributed by atoms with Crippen molar-refractivity contribution in [3.63, 3.8) is 0 Å². The lowest BCUT2D eigenvalue weighted by Crippen LogP contribution is -2.11. The number of hydrogen-bond acceptors (Lipinski definition) is 4. The number of aromatic nitrogens is 4. The molecule has 0 saturated heterocycles. The summed E-state index contributed by atoms with van der Waals surface area (Å²) < 4.78 is 63.8. The van der Waals surface area contributed by atoms with Crippen molar-refractivity contribution in [2.75, 3.05) is 5.32 Å². The first kappa shape index (κ1) is 16.1. The van der Waals surface area contributed by atoms with Crippen LogP contribution >= 0.6 is 0 Å². The fourth-order valence-electron chi connectivity index (χ4n) is 2.15. The van der Waals surface area contributed by atoms with Crippen molar-refractivity contribution in [2.45, 2.75) is 19.0 Å². The maximum absolute atomic E-state index is 12.8. The van der Waals surface area contributed by atoms with Gasteiger partial charge in [0, 0.05) is 5.69 Å². The smallest absolute Gasteiger partial charge is 0.339 e. The summed E-state index contributed by atoms with van der Waals surface area (Å²) in [7, 11) is 0. The van der Waals surface area contributed by atoms with Crippen LogP contribution in [0.5, 0.6) is 0 Å². The van der Waals surface area contributed by atoms with E-state index in [0.29, 0.717) is 5.69 Å². The van der Waals surface area contributed by atoms with Crippen LogP contribution in [-0.2, 0) is 6.42 Å². The van der Waals surface area contributed by atoms with Crippen LogP contribution in [0, 0.1) is 0 Å². The van der Waals surface area contributed by atoms with Crippen molar-refractivity contribution in [1.82, 2.24) is 19.8 Å². The van der Waals surface area contributed by atoms with Gasteiger partial charge < -0.3 is 5.32 Å². The minimum absolute atomic E-state index is 0.0751. The summed E-state index contributed by atoms with van der Waals surface area (Å²) in [5.41, 5.74) is 0.572. The molecule has 0 fully saturated rings. The van der Waals surface area contributed by atoms with Gasteiger partial charge in [-0.05, 0) is 29.8 Å². The van der Waals surface area contributed by atoms with Gasteiger partial charge >= 0.3 is 6.18 Å². The lowest BCUT2D eigenvalue weighted by Gasteiger charge is -2.10. The van der Waals surface area contributed by atoms with Gasteiger partial charge in [-0.3, -0.25) is 0 Å². The molecule has 2 aromatic heterocycles. The third-order valence-electron chi connectivity index (χ3n) is 3.09. The normalized spacial score (nSPS) is 12.1. The van der Waals surface area contributed by atoms with E-state index in [4.69, 9.17) is 0 Å². The van der Waals surface area contributed by atoms with Crippen LogP contribution in [0.25, 0.3) is 5.65 Å². The first-order valence-electron chi connectivity index (χ1n) is 6.75. The second-order valence-corrected chi connectivity index (χ2v) is 4.96. The predicted molar refractivity (Wildman–Crippen MR) is 75.2 cm³/mol. The fourth-order valence-corrected chi connectivity index (χ4v) is 2.15. The summed E-state index contributed by atoms with van der Waals surface area (Å²) >= 11 is 0. The van der Waals surface area contributed by atoms with Crippen LogP contribution in [0.4, 0.5) is 33.5 Å². The molecule has 0 aliphatic heterocycles. The van der Waals surface area contributed by atoms with Gasteiger partial charge in [-0.1, -0.05) is 12.1 Å². The van der Waals surface area contributed by atoms with E-state index in [0.717, 1.165) is 4.52 Å². The summed E-state index contributed by atoms with van der Waals surface area (Å²) in [6.07, 6.45) is -8.22. The average molecular weight is 343 g/mol. The molecule has 0 aliphatic rings.